The summed E-state index contributed by atoms with van der Waals surface area (Å²) in [5.41, 5.74) is -0.223. The highest BCUT2D eigenvalue weighted by molar-refractivity contribution is 6.34. The molecular formula is C8H12Cl2N2O3. The summed E-state index contributed by atoms with van der Waals surface area (Å²) in [6, 6.07) is 2.82. The number of carboxylic acid groups (broad SMARTS) is 1. The molecule has 1 aromatic rings. The van der Waals surface area contributed by atoms with E-state index in [-0.39, 0.29) is 28.6 Å². The van der Waals surface area contributed by atoms with Crippen LogP contribution in [0, 0.1) is 0 Å². The van der Waals surface area contributed by atoms with Crippen molar-refractivity contribution in [1.29, 1.82) is 0 Å². The Labute approximate surface area is 97.2 Å². The molecule has 86 valence electrons. The lowest BCUT2D eigenvalue weighted by molar-refractivity contribution is 0.0690. The van der Waals surface area contributed by atoms with Crippen molar-refractivity contribution in [3.05, 3.63) is 28.0 Å². The molecule has 0 saturated carbocycles. The van der Waals surface area contributed by atoms with E-state index >= 15 is 0 Å². The zero-order valence-corrected chi connectivity index (χ0v) is 9.59. The molecule has 5 N–H and O–H groups in total. The number of halogens is 2. The first-order valence-corrected chi connectivity index (χ1v) is 4.44. The van der Waals surface area contributed by atoms with E-state index < -0.39 is 5.97 Å². The first-order valence-electron chi connectivity index (χ1n) is 3.69. The number of aromatic carboxylic acids is 1. The van der Waals surface area contributed by atoms with Gasteiger partial charge in [-0.25, -0.2) is 9.78 Å². The molecule has 5 nitrogen and oxygen atoms in total. The lowest BCUT2D eigenvalue weighted by atomic mass is 10.3. The van der Waals surface area contributed by atoms with E-state index in [1.54, 1.807) is 6.92 Å². The number of nitrogens with zero attached hydrogens (tertiary/aromatic N) is 1. The number of aliphatic hydroxyl groups excluding tert-OH is 1. The summed E-state index contributed by atoms with van der Waals surface area (Å²) in [6.07, 6.45) is 0. The summed E-state index contributed by atoms with van der Waals surface area (Å²) in [7, 11) is 0. The molecule has 0 aliphatic heterocycles. The highest BCUT2D eigenvalue weighted by atomic mass is 35.5. The molecule has 0 saturated heterocycles. The van der Waals surface area contributed by atoms with Gasteiger partial charge in [0, 0.05) is 6.61 Å². The number of hydrogen-bond donors (Lipinski definition) is 3. The van der Waals surface area contributed by atoms with Crippen molar-refractivity contribution < 1.29 is 15.0 Å². The first kappa shape index (κ1) is 16.5. The molecule has 15 heavy (non-hydrogen) atoms. The van der Waals surface area contributed by atoms with Crippen LogP contribution in [-0.2, 0) is 0 Å². The molecule has 0 atom stereocenters. The zero-order valence-electron chi connectivity index (χ0n) is 8.07. The van der Waals surface area contributed by atoms with E-state index in [2.05, 4.69) is 4.98 Å². The molecule has 0 amide bonds. The van der Waals surface area contributed by atoms with Crippen molar-refractivity contribution in [3.63, 3.8) is 0 Å². The standard InChI is InChI=1S/C6H3Cl2NO2.C2H6O.H3N/c7-3-1-2-4(8)9-5(3)6(10)11;1-2-3;/h1-2H,(H,10,11);3H,2H2,1H3;1H3. The van der Waals surface area contributed by atoms with Gasteiger partial charge in [0.05, 0.1) is 5.02 Å². The molecule has 0 bridgehead atoms. The maximum atomic E-state index is 10.4. The van der Waals surface area contributed by atoms with E-state index in [0.717, 1.165) is 0 Å². The molecule has 0 aliphatic rings. The van der Waals surface area contributed by atoms with Crippen LogP contribution in [0.5, 0.6) is 0 Å². The fourth-order valence-electron chi connectivity index (χ4n) is 0.568. The summed E-state index contributed by atoms with van der Waals surface area (Å²) in [4.78, 5) is 13.9. The van der Waals surface area contributed by atoms with Gasteiger partial charge in [-0.1, -0.05) is 23.2 Å². The number of rotatable bonds is 1. The third-order valence-electron chi connectivity index (χ3n) is 1.01. The Morgan fingerprint density at radius 2 is 1.93 bits per heavy atom. The largest absolute Gasteiger partial charge is 0.476 e. The highest BCUT2D eigenvalue weighted by Gasteiger charge is 2.09. The molecule has 7 heteroatoms. The molecule has 0 unspecified atom stereocenters. The number of carboxylic acids is 1. The lowest BCUT2D eigenvalue weighted by Crippen LogP contribution is -2.00. The minimum absolute atomic E-state index is 0. The van der Waals surface area contributed by atoms with E-state index in [0.29, 0.717) is 0 Å². The maximum Gasteiger partial charge on any atom is 0.356 e. The molecule has 1 rings (SSSR count). The average Bonchev–Trinajstić information content (AvgIpc) is 2.10. The maximum absolute atomic E-state index is 10.4. The van der Waals surface area contributed by atoms with Crippen molar-refractivity contribution in [3.8, 4) is 0 Å². The Hall–Kier alpha value is -0.880. The van der Waals surface area contributed by atoms with Gasteiger partial charge >= 0.3 is 5.97 Å². The fraction of sp³-hybridized carbons (Fsp3) is 0.250. The average molecular weight is 255 g/mol. The van der Waals surface area contributed by atoms with Gasteiger partial charge in [0.2, 0.25) is 0 Å². The lowest BCUT2D eigenvalue weighted by Gasteiger charge is -1.96. The van der Waals surface area contributed by atoms with E-state index in [1.807, 2.05) is 0 Å². The van der Waals surface area contributed by atoms with Crippen LogP contribution in [0.4, 0.5) is 0 Å². The molecule has 0 fully saturated rings. The Morgan fingerprint density at radius 1 is 1.47 bits per heavy atom. The molecule has 0 spiro atoms. The molecular weight excluding hydrogens is 243 g/mol. The van der Waals surface area contributed by atoms with Gasteiger partial charge in [-0.05, 0) is 19.1 Å². The van der Waals surface area contributed by atoms with Crippen LogP contribution in [0.15, 0.2) is 12.1 Å². The predicted molar refractivity (Wildman–Crippen MR) is 59.0 cm³/mol. The van der Waals surface area contributed by atoms with Gasteiger partial charge in [-0.3, -0.25) is 0 Å². The quantitative estimate of drug-likeness (QED) is 0.667. The number of aromatic nitrogens is 1. The molecule has 0 aromatic carbocycles. The Bertz CT molecular complexity index is 321. The van der Waals surface area contributed by atoms with Crippen LogP contribution in [0.3, 0.4) is 0 Å². The van der Waals surface area contributed by atoms with Crippen LogP contribution in [-0.4, -0.2) is 27.8 Å². The van der Waals surface area contributed by atoms with Crippen molar-refractivity contribution in [2.45, 2.75) is 6.92 Å². The second-order valence-corrected chi connectivity index (χ2v) is 2.88. The highest BCUT2D eigenvalue weighted by Crippen LogP contribution is 2.16. The van der Waals surface area contributed by atoms with Crippen LogP contribution >= 0.6 is 23.2 Å². The number of aliphatic hydroxyl groups is 1. The number of hydrogen-bond acceptors (Lipinski definition) is 4. The number of carbonyl (C=O) groups is 1. The predicted octanol–water partition coefficient (Wildman–Crippen LogP) is 2.25. The molecule has 0 aliphatic carbocycles. The number of pyridine rings is 1. The minimum atomic E-state index is -1.18. The monoisotopic (exact) mass is 254 g/mol. The van der Waals surface area contributed by atoms with Gasteiger partial charge in [-0.15, -0.1) is 0 Å². The van der Waals surface area contributed by atoms with Crippen LogP contribution in [0.1, 0.15) is 17.4 Å². The smallest absolute Gasteiger partial charge is 0.356 e. The molecule has 1 heterocycles. The summed E-state index contributed by atoms with van der Waals surface area (Å²) in [5.74, 6) is -1.18. The van der Waals surface area contributed by atoms with Crippen molar-refractivity contribution in [1.82, 2.24) is 11.1 Å². The third kappa shape index (κ3) is 6.24. The Balaban J connectivity index is 0. The molecule has 0 radical (unpaired) electrons. The third-order valence-corrected chi connectivity index (χ3v) is 1.53. The first-order chi connectivity index (χ1) is 6.52. The van der Waals surface area contributed by atoms with E-state index in [4.69, 9.17) is 33.4 Å². The van der Waals surface area contributed by atoms with Gasteiger partial charge in [-0.2, -0.15) is 0 Å². The summed E-state index contributed by atoms with van der Waals surface area (Å²) < 4.78 is 0. The Kier molecular flexibility index (Phi) is 9.30. The Morgan fingerprint density at radius 3 is 2.27 bits per heavy atom. The van der Waals surface area contributed by atoms with E-state index in [9.17, 15) is 4.79 Å². The zero-order chi connectivity index (χ0) is 11.1. The summed E-state index contributed by atoms with van der Waals surface area (Å²) >= 11 is 10.9. The SMILES string of the molecule is CCO.N.O=C(O)c1nc(Cl)ccc1Cl. The molecule has 1 aromatic heterocycles. The fourth-order valence-corrected chi connectivity index (χ4v) is 0.902. The van der Waals surface area contributed by atoms with Gasteiger partial charge in [0.25, 0.3) is 0 Å². The van der Waals surface area contributed by atoms with Gasteiger partial charge in [0.15, 0.2) is 5.69 Å². The second-order valence-electron chi connectivity index (χ2n) is 2.09. The van der Waals surface area contributed by atoms with Gasteiger partial charge in [0.1, 0.15) is 5.15 Å². The van der Waals surface area contributed by atoms with Crippen molar-refractivity contribution >= 4 is 29.2 Å². The van der Waals surface area contributed by atoms with Gasteiger partial charge < -0.3 is 16.4 Å². The van der Waals surface area contributed by atoms with Crippen LogP contribution in [0.2, 0.25) is 10.2 Å². The second kappa shape index (κ2) is 8.43. The van der Waals surface area contributed by atoms with Crippen LogP contribution in [0.25, 0.3) is 0 Å². The summed E-state index contributed by atoms with van der Waals surface area (Å²) in [6.45, 7) is 1.93. The normalized spacial score (nSPS) is 8.27. The van der Waals surface area contributed by atoms with Crippen molar-refractivity contribution in [2.24, 2.45) is 0 Å². The summed E-state index contributed by atoms with van der Waals surface area (Å²) in [5, 5.41) is 16.3. The van der Waals surface area contributed by atoms with Crippen LogP contribution < -0.4 is 6.15 Å². The minimum Gasteiger partial charge on any atom is -0.476 e. The van der Waals surface area contributed by atoms with Crippen molar-refractivity contribution in [2.75, 3.05) is 6.61 Å². The van der Waals surface area contributed by atoms with E-state index in [1.165, 1.54) is 12.1 Å². The topological polar surface area (TPSA) is 105 Å².